The quantitative estimate of drug-likeness (QED) is 0.879. The van der Waals surface area contributed by atoms with E-state index < -0.39 is 0 Å². The fourth-order valence-electron chi connectivity index (χ4n) is 2.05. The molecule has 4 nitrogen and oxygen atoms in total. The van der Waals surface area contributed by atoms with Gasteiger partial charge in [0.25, 0.3) is 0 Å². The van der Waals surface area contributed by atoms with Gasteiger partial charge in [-0.1, -0.05) is 6.07 Å². The van der Waals surface area contributed by atoms with Gasteiger partial charge in [0.15, 0.2) is 0 Å². The molecule has 1 heterocycles. The minimum atomic E-state index is -0.0293. The summed E-state index contributed by atoms with van der Waals surface area (Å²) in [4.78, 5) is 8.88. The second kappa shape index (κ2) is 5.72. The summed E-state index contributed by atoms with van der Waals surface area (Å²) in [5.41, 5.74) is 3.56. The van der Waals surface area contributed by atoms with Crippen LogP contribution in [0.15, 0.2) is 24.3 Å². The Morgan fingerprint density at radius 3 is 2.14 bits per heavy atom. The summed E-state index contributed by atoms with van der Waals surface area (Å²) in [5, 5.41) is 6.73. The topological polar surface area (TPSA) is 49.8 Å². The number of nitrogens with one attached hydrogen (secondary N) is 2. The molecule has 21 heavy (non-hydrogen) atoms. The van der Waals surface area contributed by atoms with Crippen molar-refractivity contribution in [3.63, 3.8) is 0 Å². The SMILES string of the molecule is Cc1nc(Nc2ccc(C)c(C)c2)cc(NC(C)(C)C)n1. The molecule has 1 aromatic heterocycles. The van der Waals surface area contributed by atoms with Crippen molar-refractivity contribution in [2.24, 2.45) is 0 Å². The molecule has 1 aromatic carbocycles. The van der Waals surface area contributed by atoms with E-state index in [0.717, 1.165) is 23.1 Å². The van der Waals surface area contributed by atoms with Crippen LogP contribution in [0.25, 0.3) is 0 Å². The molecular formula is C17H24N4. The van der Waals surface area contributed by atoms with E-state index in [-0.39, 0.29) is 5.54 Å². The molecule has 0 saturated carbocycles. The van der Waals surface area contributed by atoms with Gasteiger partial charge in [0.1, 0.15) is 17.5 Å². The molecule has 0 radical (unpaired) electrons. The molecule has 0 aliphatic rings. The molecule has 0 aliphatic heterocycles. The molecule has 0 atom stereocenters. The van der Waals surface area contributed by atoms with Gasteiger partial charge in [-0.05, 0) is 64.8 Å². The van der Waals surface area contributed by atoms with Crippen molar-refractivity contribution >= 4 is 17.3 Å². The zero-order valence-electron chi connectivity index (χ0n) is 13.7. The highest BCUT2D eigenvalue weighted by Crippen LogP contribution is 2.21. The summed E-state index contributed by atoms with van der Waals surface area (Å²) in [6.45, 7) is 12.5. The molecule has 112 valence electrons. The first-order valence-electron chi connectivity index (χ1n) is 7.21. The third-order valence-electron chi connectivity index (χ3n) is 3.12. The van der Waals surface area contributed by atoms with Crippen LogP contribution >= 0.6 is 0 Å². The Morgan fingerprint density at radius 1 is 0.857 bits per heavy atom. The minimum absolute atomic E-state index is 0.0293. The molecule has 0 aliphatic carbocycles. The number of hydrogen-bond donors (Lipinski definition) is 2. The highest BCUT2D eigenvalue weighted by molar-refractivity contribution is 5.60. The molecule has 0 saturated heterocycles. The van der Waals surface area contributed by atoms with Crippen molar-refractivity contribution in [2.75, 3.05) is 10.6 Å². The summed E-state index contributed by atoms with van der Waals surface area (Å²) in [6.07, 6.45) is 0. The predicted octanol–water partition coefficient (Wildman–Crippen LogP) is 4.36. The monoisotopic (exact) mass is 284 g/mol. The van der Waals surface area contributed by atoms with E-state index in [4.69, 9.17) is 0 Å². The van der Waals surface area contributed by atoms with Crippen LogP contribution in [-0.4, -0.2) is 15.5 Å². The fraction of sp³-hybridized carbons (Fsp3) is 0.412. The van der Waals surface area contributed by atoms with E-state index in [1.165, 1.54) is 11.1 Å². The lowest BCUT2D eigenvalue weighted by Crippen LogP contribution is -2.26. The zero-order valence-corrected chi connectivity index (χ0v) is 13.7. The number of aromatic nitrogens is 2. The number of hydrogen-bond acceptors (Lipinski definition) is 4. The molecular weight excluding hydrogens is 260 g/mol. The Kier molecular flexibility index (Phi) is 4.16. The summed E-state index contributed by atoms with van der Waals surface area (Å²) in [6, 6.07) is 8.24. The van der Waals surface area contributed by atoms with E-state index in [9.17, 15) is 0 Å². The van der Waals surface area contributed by atoms with Crippen molar-refractivity contribution < 1.29 is 0 Å². The van der Waals surface area contributed by atoms with Crippen molar-refractivity contribution in [2.45, 2.75) is 47.1 Å². The lowest BCUT2D eigenvalue weighted by molar-refractivity contribution is 0.629. The third-order valence-corrected chi connectivity index (χ3v) is 3.12. The van der Waals surface area contributed by atoms with Gasteiger partial charge >= 0.3 is 0 Å². The highest BCUT2D eigenvalue weighted by Gasteiger charge is 2.11. The van der Waals surface area contributed by atoms with Gasteiger partial charge in [0, 0.05) is 17.3 Å². The molecule has 2 aromatic rings. The lowest BCUT2D eigenvalue weighted by Gasteiger charge is -2.21. The molecule has 4 heteroatoms. The normalized spacial score (nSPS) is 11.3. The fourth-order valence-corrected chi connectivity index (χ4v) is 2.05. The van der Waals surface area contributed by atoms with Gasteiger partial charge in [-0.3, -0.25) is 0 Å². The average Bonchev–Trinajstić information content (AvgIpc) is 2.31. The Balaban J connectivity index is 2.25. The van der Waals surface area contributed by atoms with Crippen molar-refractivity contribution in [1.29, 1.82) is 0 Å². The second-order valence-corrected chi connectivity index (χ2v) is 6.48. The molecule has 0 amide bonds. The van der Waals surface area contributed by atoms with Gasteiger partial charge in [0.2, 0.25) is 0 Å². The summed E-state index contributed by atoms with van der Waals surface area (Å²) < 4.78 is 0. The standard InChI is InChI=1S/C17H24N4/c1-11-7-8-14(9-12(11)2)20-15-10-16(19-13(3)18-15)21-17(4,5)6/h7-10H,1-6H3,(H2,18,19,20,21). The highest BCUT2D eigenvalue weighted by atomic mass is 15.1. The van der Waals surface area contributed by atoms with Crippen LogP contribution in [0.4, 0.5) is 17.3 Å². The number of anilines is 3. The van der Waals surface area contributed by atoms with Gasteiger partial charge in [0.05, 0.1) is 0 Å². The molecule has 2 rings (SSSR count). The minimum Gasteiger partial charge on any atom is -0.365 e. The predicted molar refractivity (Wildman–Crippen MR) is 89.3 cm³/mol. The lowest BCUT2D eigenvalue weighted by atomic mass is 10.1. The Morgan fingerprint density at radius 2 is 1.52 bits per heavy atom. The maximum Gasteiger partial charge on any atom is 0.136 e. The summed E-state index contributed by atoms with van der Waals surface area (Å²) >= 11 is 0. The third kappa shape index (κ3) is 4.45. The molecule has 0 bridgehead atoms. The van der Waals surface area contributed by atoms with Crippen LogP contribution < -0.4 is 10.6 Å². The van der Waals surface area contributed by atoms with Crippen LogP contribution in [-0.2, 0) is 0 Å². The van der Waals surface area contributed by atoms with E-state index in [1.807, 2.05) is 13.0 Å². The summed E-state index contributed by atoms with van der Waals surface area (Å²) in [5.74, 6) is 2.38. The van der Waals surface area contributed by atoms with Crippen molar-refractivity contribution in [1.82, 2.24) is 9.97 Å². The molecule has 0 spiro atoms. The first-order chi connectivity index (χ1) is 9.73. The molecule has 0 unspecified atom stereocenters. The molecule has 0 fully saturated rings. The van der Waals surface area contributed by atoms with Crippen LogP contribution in [0.3, 0.4) is 0 Å². The van der Waals surface area contributed by atoms with E-state index in [1.54, 1.807) is 0 Å². The summed E-state index contributed by atoms with van der Waals surface area (Å²) in [7, 11) is 0. The van der Waals surface area contributed by atoms with Gasteiger partial charge in [-0.25, -0.2) is 9.97 Å². The molecule has 2 N–H and O–H groups in total. The van der Waals surface area contributed by atoms with Crippen molar-refractivity contribution in [3.05, 3.63) is 41.2 Å². The Labute approximate surface area is 127 Å². The Hall–Kier alpha value is -2.10. The number of nitrogens with zero attached hydrogens (tertiary/aromatic N) is 2. The van der Waals surface area contributed by atoms with E-state index in [0.29, 0.717) is 0 Å². The maximum atomic E-state index is 4.45. The second-order valence-electron chi connectivity index (χ2n) is 6.48. The van der Waals surface area contributed by atoms with Gasteiger partial charge in [-0.15, -0.1) is 0 Å². The Bertz CT molecular complexity index is 642. The van der Waals surface area contributed by atoms with Crippen LogP contribution in [0.5, 0.6) is 0 Å². The smallest absolute Gasteiger partial charge is 0.136 e. The first-order valence-corrected chi connectivity index (χ1v) is 7.21. The van der Waals surface area contributed by atoms with Gasteiger partial charge in [-0.2, -0.15) is 0 Å². The number of aryl methyl sites for hydroxylation is 3. The van der Waals surface area contributed by atoms with E-state index in [2.05, 4.69) is 73.4 Å². The van der Waals surface area contributed by atoms with Crippen LogP contribution in [0, 0.1) is 20.8 Å². The van der Waals surface area contributed by atoms with Crippen molar-refractivity contribution in [3.8, 4) is 0 Å². The van der Waals surface area contributed by atoms with E-state index >= 15 is 0 Å². The maximum absolute atomic E-state index is 4.45. The average molecular weight is 284 g/mol. The number of benzene rings is 1. The zero-order chi connectivity index (χ0) is 15.6. The van der Waals surface area contributed by atoms with Gasteiger partial charge < -0.3 is 10.6 Å². The van der Waals surface area contributed by atoms with Crippen LogP contribution in [0.2, 0.25) is 0 Å². The number of rotatable bonds is 3. The first kappa shape index (κ1) is 15.3. The largest absolute Gasteiger partial charge is 0.365 e. The van der Waals surface area contributed by atoms with Crippen LogP contribution in [0.1, 0.15) is 37.7 Å².